The van der Waals surface area contributed by atoms with E-state index in [0.29, 0.717) is 30.0 Å². The molecule has 0 atom stereocenters. The molecule has 0 unspecified atom stereocenters. The van der Waals surface area contributed by atoms with Crippen LogP contribution < -0.4 is 15.4 Å². The molecule has 222 valence electrons. The zero-order valence-corrected chi connectivity index (χ0v) is 24.8. The molecule has 42 heavy (non-hydrogen) atoms. The van der Waals surface area contributed by atoms with Crippen molar-refractivity contribution >= 4 is 29.4 Å². The second kappa shape index (κ2) is 12.9. The highest BCUT2D eigenvalue weighted by atomic mass is 16.5. The fourth-order valence-corrected chi connectivity index (χ4v) is 4.22. The number of hydrogen-bond donors (Lipinski definition) is 4. The summed E-state index contributed by atoms with van der Waals surface area (Å²) in [4.78, 5) is 50.2. The molecule has 3 aromatic rings. The highest BCUT2D eigenvalue weighted by molar-refractivity contribution is 6.14. The molecule has 0 spiro atoms. The van der Waals surface area contributed by atoms with Crippen LogP contribution in [0.25, 0.3) is 0 Å². The zero-order valence-electron chi connectivity index (χ0n) is 24.8. The topological polar surface area (TPSA) is 142 Å². The molecule has 0 aromatic heterocycles. The van der Waals surface area contributed by atoms with Crippen molar-refractivity contribution < 1.29 is 34.1 Å². The quantitative estimate of drug-likeness (QED) is 0.180. The Kier molecular flexibility index (Phi) is 9.78. The number of nitrogens with one attached hydrogen (secondary N) is 2. The lowest BCUT2D eigenvalue weighted by Gasteiger charge is -2.28. The van der Waals surface area contributed by atoms with Gasteiger partial charge in [0.2, 0.25) is 0 Å². The van der Waals surface area contributed by atoms with Crippen LogP contribution in [0.15, 0.2) is 60.7 Å². The molecular formula is C33H38N2O7. The second-order valence-electron chi connectivity index (χ2n) is 11.1. The van der Waals surface area contributed by atoms with Gasteiger partial charge in [0, 0.05) is 11.2 Å². The Balaban J connectivity index is 1.83. The molecule has 0 aliphatic carbocycles. The highest BCUT2D eigenvalue weighted by Gasteiger charge is 2.29. The van der Waals surface area contributed by atoms with Gasteiger partial charge in [-0.3, -0.25) is 9.59 Å². The fraction of sp³-hybridized carbons (Fsp3) is 0.333. The van der Waals surface area contributed by atoms with Gasteiger partial charge in [0.15, 0.2) is 0 Å². The Bertz CT molecular complexity index is 1470. The van der Waals surface area contributed by atoms with Crippen LogP contribution in [0.3, 0.4) is 0 Å². The number of benzene rings is 3. The van der Waals surface area contributed by atoms with Gasteiger partial charge in [-0.05, 0) is 85.7 Å². The van der Waals surface area contributed by atoms with Gasteiger partial charge in [-0.1, -0.05) is 46.8 Å². The number of aromatic carboxylic acids is 2. The SMILES string of the molecule is CCC(C)(CC)NC(=O)c1cc(C(=O)O)c(C(=O)Nc2ccc(Oc3ccc(C(C)(C)CC)cc3)cc2)cc1C(=O)O. The molecule has 9 nitrogen and oxygen atoms in total. The summed E-state index contributed by atoms with van der Waals surface area (Å²) >= 11 is 0. The third-order valence-corrected chi connectivity index (χ3v) is 7.95. The van der Waals surface area contributed by atoms with Crippen molar-refractivity contribution in [3.8, 4) is 11.5 Å². The van der Waals surface area contributed by atoms with Gasteiger partial charge in [0.1, 0.15) is 11.5 Å². The molecule has 0 saturated heterocycles. The average Bonchev–Trinajstić information content (AvgIpc) is 2.97. The number of amides is 2. The minimum atomic E-state index is -1.48. The maximum atomic E-state index is 13.1. The van der Waals surface area contributed by atoms with Crippen LogP contribution in [0.4, 0.5) is 5.69 Å². The van der Waals surface area contributed by atoms with Gasteiger partial charge < -0.3 is 25.6 Å². The Morgan fingerprint density at radius 1 is 0.667 bits per heavy atom. The summed E-state index contributed by atoms with van der Waals surface area (Å²) in [6.07, 6.45) is 2.16. The average molecular weight is 575 g/mol. The summed E-state index contributed by atoms with van der Waals surface area (Å²) in [6.45, 7) is 12.1. The van der Waals surface area contributed by atoms with Crippen molar-refractivity contribution in [3.05, 3.63) is 88.5 Å². The second-order valence-corrected chi connectivity index (χ2v) is 11.1. The molecule has 0 aliphatic rings. The lowest BCUT2D eigenvalue weighted by molar-refractivity contribution is 0.0675. The first kappa shape index (κ1) is 31.9. The molecule has 4 N–H and O–H groups in total. The molecule has 3 aromatic carbocycles. The highest BCUT2D eigenvalue weighted by Crippen LogP contribution is 2.30. The monoisotopic (exact) mass is 574 g/mol. The zero-order chi connectivity index (χ0) is 31.2. The van der Waals surface area contributed by atoms with E-state index in [2.05, 4.69) is 31.4 Å². The van der Waals surface area contributed by atoms with Crippen LogP contribution in [0.1, 0.15) is 108 Å². The number of carboxylic acid groups (broad SMARTS) is 2. The van der Waals surface area contributed by atoms with E-state index in [-0.39, 0.29) is 16.5 Å². The van der Waals surface area contributed by atoms with Crippen molar-refractivity contribution in [3.63, 3.8) is 0 Å². The Hall–Kier alpha value is -4.66. The summed E-state index contributed by atoms with van der Waals surface area (Å²) in [5, 5.41) is 25.0. The van der Waals surface area contributed by atoms with E-state index in [9.17, 15) is 29.4 Å². The van der Waals surface area contributed by atoms with Crippen LogP contribution in [0, 0.1) is 0 Å². The van der Waals surface area contributed by atoms with Crippen molar-refractivity contribution in [1.29, 1.82) is 0 Å². The van der Waals surface area contributed by atoms with Gasteiger partial charge >= 0.3 is 11.9 Å². The van der Waals surface area contributed by atoms with Gasteiger partial charge in [-0.25, -0.2) is 9.59 Å². The predicted octanol–water partition coefficient (Wildman–Crippen LogP) is 7.12. The minimum absolute atomic E-state index is 0.0579. The van der Waals surface area contributed by atoms with Crippen LogP contribution in [-0.4, -0.2) is 39.5 Å². The smallest absolute Gasteiger partial charge is 0.336 e. The van der Waals surface area contributed by atoms with Gasteiger partial charge in [0.05, 0.1) is 22.3 Å². The third kappa shape index (κ3) is 7.34. The first-order valence-electron chi connectivity index (χ1n) is 13.9. The molecule has 0 bridgehead atoms. The number of carbonyl (C=O) groups excluding carboxylic acids is 2. The number of carboxylic acids is 2. The summed E-state index contributed by atoms with van der Waals surface area (Å²) in [5.74, 6) is -3.33. The van der Waals surface area contributed by atoms with Crippen LogP contribution in [-0.2, 0) is 5.41 Å². The van der Waals surface area contributed by atoms with Gasteiger partial charge in [0.25, 0.3) is 11.8 Å². The Morgan fingerprint density at radius 3 is 1.55 bits per heavy atom. The Morgan fingerprint density at radius 2 is 1.12 bits per heavy atom. The molecule has 0 radical (unpaired) electrons. The lowest BCUT2D eigenvalue weighted by Crippen LogP contribution is -2.45. The molecule has 0 heterocycles. The molecule has 9 heteroatoms. The standard InChI is InChI=1S/C33H38N2O7/c1-7-32(4,5)20-10-14-22(15-11-20)42-23-16-12-21(13-17-23)34-28(36)24-18-27(31(40)41)25(19-26(24)30(38)39)29(37)35-33(6,8-2)9-3/h10-19H,7-9H2,1-6H3,(H,34,36)(H,35,37)(H,38,39)(H,40,41). The summed E-state index contributed by atoms with van der Waals surface area (Å²) in [6, 6.07) is 16.2. The fourth-order valence-electron chi connectivity index (χ4n) is 4.22. The normalized spacial score (nSPS) is 11.5. The number of anilines is 1. The Labute approximate surface area is 245 Å². The van der Waals surface area contributed by atoms with Crippen molar-refractivity contribution in [1.82, 2.24) is 5.32 Å². The third-order valence-electron chi connectivity index (χ3n) is 7.95. The van der Waals surface area contributed by atoms with Crippen molar-refractivity contribution in [2.24, 2.45) is 0 Å². The lowest BCUT2D eigenvalue weighted by atomic mass is 9.82. The van der Waals surface area contributed by atoms with Crippen LogP contribution in [0.5, 0.6) is 11.5 Å². The van der Waals surface area contributed by atoms with E-state index in [0.717, 1.165) is 18.6 Å². The number of hydrogen-bond acceptors (Lipinski definition) is 5. The molecular weight excluding hydrogens is 536 g/mol. The first-order chi connectivity index (χ1) is 19.7. The van der Waals surface area contributed by atoms with Crippen LogP contribution in [0.2, 0.25) is 0 Å². The number of ether oxygens (including phenoxy) is 1. The van der Waals surface area contributed by atoms with Gasteiger partial charge in [-0.2, -0.15) is 0 Å². The molecule has 0 saturated carbocycles. The van der Waals surface area contributed by atoms with Gasteiger partial charge in [-0.15, -0.1) is 0 Å². The van der Waals surface area contributed by atoms with E-state index in [1.165, 1.54) is 5.56 Å². The van der Waals surface area contributed by atoms with Crippen molar-refractivity contribution in [2.75, 3.05) is 5.32 Å². The maximum Gasteiger partial charge on any atom is 0.336 e. The van der Waals surface area contributed by atoms with E-state index in [1.807, 2.05) is 45.0 Å². The number of carbonyl (C=O) groups is 4. The first-order valence-corrected chi connectivity index (χ1v) is 13.9. The van der Waals surface area contributed by atoms with E-state index in [1.54, 1.807) is 24.3 Å². The van der Waals surface area contributed by atoms with E-state index < -0.39 is 40.4 Å². The van der Waals surface area contributed by atoms with Crippen molar-refractivity contribution in [2.45, 2.75) is 71.8 Å². The van der Waals surface area contributed by atoms with E-state index in [4.69, 9.17) is 4.74 Å². The predicted molar refractivity (Wildman–Crippen MR) is 161 cm³/mol. The summed E-state index contributed by atoms with van der Waals surface area (Å²) < 4.78 is 5.91. The molecule has 2 amide bonds. The summed E-state index contributed by atoms with van der Waals surface area (Å²) in [5.41, 5.74) is -0.709. The molecule has 0 aliphatic heterocycles. The summed E-state index contributed by atoms with van der Waals surface area (Å²) in [7, 11) is 0. The van der Waals surface area contributed by atoms with E-state index >= 15 is 0 Å². The molecule has 0 fully saturated rings. The van der Waals surface area contributed by atoms with Crippen LogP contribution >= 0.6 is 0 Å². The molecule has 3 rings (SSSR count). The number of rotatable bonds is 12. The largest absolute Gasteiger partial charge is 0.478 e. The maximum absolute atomic E-state index is 13.1. The minimum Gasteiger partial charge on any atom is -0.478 e.